The van der Waals surface area contributed by atoms with Crippen LogP contribution in [0.2, 0.25) is 0 Å². The third-order valence-electron chi connectivity index (χ3n) is 5.79. The van der Waals surface area contributed by atoms with E-state index < -0.39 is 0 Å². The molecule has 2 heterocycles. The Balaban J connectivity index is 1.76. The van der Waals surface area contributed by atoms with Crippen molar-refractivity contribution in [3.05, 3.63) is 45.7 Å². The van der Waals surface area contributed by atoms with Gasteiger partial charge >= 0.3 is 0 Å². The molecule has 0 unspecified atom stereocenters. The SMILES string of the molecule is CCC(C)(C)[C@@H]1CCc2c(sc(NC(=O)/C=C\c3ccc(C)o3)c2C#N)C1. The summed E-state index contributed by atoms with van der Waals surface area (Å²) in [6.07, 6.45) is 7.24. The number of nitriles is 1. The normalized spacial score (nSPS) is 16.9. The van der Waals surface area contributed by atoms with Crippen LogP contribution in [0.3, 0.4) is 0 Å². The second-order valence-corrected chi connectivity index (χ2v) is 8.98. The molecule has 0 aliphatic heterocycles. The van der Waals surface area contributed by atoms with Gasteiger partial charge in [0.2, 0.25) is 5.91 Å². The Morgan fingerprint density at radius 1 is 1.48 bits per heavy atom. The highest BCUT2D eigenvalue weighted by Gasteiger charge is 2.33. The standard InChI is InChI=1S/C22H26N2O2S/c1-5-22(3,4)15-7-10-17-18(13-23)21(27-19(17)12-15)24-20(25)11-9-16-8-6-14(2)26-16/h6,8-9,11,15H,5,7,10,12H2,1-4H3,(H,24,25)/b11-9-/t15-/m1/s1. The van der Waals surface area contributed by atoms with Crippen LogP contribution in [-0.2, 0) is 17.6 Å². The summed E-state index contributed by atoms with van der Waals surface area (Å²) in [5, 5.41) is 13.2. The highest BCUT2D eigenvalue weighted by atomic mass is 32.1. The average molecular weight is 383 g/mol. The van der Waals surface area contributed by atoms with E-state index in [1.807, 2.05) is 19.1 Å². The number of hydrogen-bond acceptors (Lipinski definition) is 4. The van der Waals surface area contributed by atoms with Gasteiger partial charge < -0.3 is 9.73 Å². The molecule has 4 nitrogen and oxygen atoms in total. The lowest BCUT2D eigenvalue weighted by atomic mass is 9.69. The molecule has 1 aliphatic carbocycles. The first-order valence-electron chi connectivity index (χ1n) is 9.44. The quantitative estimate of drug-likeness (QED) is 0.673. The summed E-state index contributed by atoms with van der Waals surface area (Å²) >= 11 is 1.56. The molecule has 27 heavy (non-hydrogen) atoms. The fourth-order valence-electron chi connectivity index (χ4n) is 3.60. The number of fused-ring (bicyclic) bond motifs is 1. The number of nitrogens with zero attached hydrogens (tertiary/aromatic N) is 1. The number of carbonyl (C=O) groups is 1. The summed E-state index contributed by atoms with van der Waals surface area (Å²) in [7, 11) is 0. The molecule has 0 saturated carbocycles. The van der Waals surface area contributed by atoms with Crippen LogP contribution in [0.4, 0.5) is 5.00 Å². The molecule has 142 valence electrons. The fraction of sp³-hybridized carbons (Fsp3) is 0.455. The molecule has 0 saturated heterocycles. The van der Waals surface area contributed by atoms with E-state index in [9.17, 15) is 10.1 Å². The van der Waals surface area contributed by atoms with Gasteiger partial charge in [-0.25, -0.2) is 0 Å². The van der Waals surface area contributed by atoms with Crippen molar-refractivity contribution < 1.29 is 9.21 Å². The number of hydrogen-bond donors (Lipinski definition) is 1. The van der Waals surface area contributed by atoms with Crippen molar-refractivity contribution >= 4 is 28.3 Å². The Hall–Kier alpha value is -2.32. The Labute approximate surface area is 164 Å². The Bertz CT molecular complexity index is 911. The van der Waals surface area contributed by atoms with Gasteiger partial charge in [-0.05, 0) is 61.3 Å². The molecule has 0 radical (unpaired) electrons. The summed E-state index contributed by atoms with van der Waals surface area (Å²) in [6.45, 7) is 8.75. The summed E-state index contributed by atoms with van der Waals surface area (Å²) in [4.78, 5) is 13.6. The molecular formula is C22H26N2O2S. The van der Waals surface area contributed by atoms with Crippen molar-refractivity contribution in [3.8, 4) is 6.07 Å². The Morgan fingerprint density at radius 2 is 2.26 bits per heavy atom. The van der Waals surface area contributed by atoms with Crippen LogP contribution in [0, 0.1) is 29.6 Å². The van der Waals surface area contributed by atoms with E-state index >= 15 is 0 Å². The van der Waals surface area contributed by atoms with E-state index in [-0.39, 0.29) is 5.91 Å². The number of carbonyl (C=O) groups excluding carboxylic acids is 1. The van der Waals surface area contributed by atoms with E-state index in [4.69, 9.17) is 4.42 Å². The summed E-state index contributed by atoms with van der Waals surface area (Å²) < 4.78 is 5.43. The van der Waals surface area contributed by atoms with Gasteiger partial charge in [0, 0.05) is 11.0 Å². The van der Waals surface area contributed by atoms with Crippen molar-refractivity contribution in [3.63, 3.8) is 0 Å². The van der Waals surface area contributed by atoms with Gasteiger partial charge in [0.15, 0.2) is 0 Å². The molecule has 2 aromatic rings. The lowest BCUT2D eigenvalue weighted by Crippen LogP contribution is -2.28. The van der Waals surface area contributed by atoms with Gasteiger partial charge in [0.1, 0.15) is 22.6 Å². The van der Waals surface area contributed by atoms with Crippen molar-refractivity contribution in [1.82, 2.24) is 0 Å². The van der Waals surface area contributed by atoms with E-state index in [1.165, 1.54) is 11.0 Å². The van der Waals surface area contributed by atoms with E-state index in [2.05, 4.69) is 32.2 Å². The molecule has 0 spiro atoms. The molecule has 1 atom stereocenters. The van der Waals surface area contributed by atoms with Crippen molar-refractivity contribution in [2.75, 3.05) is 5.32 Å². The summed E-state index contributed by atoms with van der Waals surface area (Å²) in [5.74, 6) is 1.81. The van der Waals surface area contributed by atoms with Crippen LogP contribution in [0.15, 0.2) is 22.6 Å². The number of rotatable bonds is 5. The second-order valence-electron chi connectivity index (χ2n) is 7.87. The van der Waals surface area contributed by atoms with Gasteiger partial charge in [0.05, 0.1) is 5.56 Å². The number of aryl methyl sites for hydroxylation is 1. The van der Waals surface area contributed by atoms with E-state index in [0.717, 1.165) is 37.0 Å². The third kappa shape index (κ3) is 4.17. The summed E-state index contributed by atoms with van der Waals surface area (Å²) in [5.41, 5.74) is 2.06. The first kappa shape index (κ1) is 19.4. The Morgan fingerprint density at radius 3 is 2.89 bits per heavy atom. The first-order chi connectivity index (χ1) is 12.8. The highest BCUT2D eigenvalue weighted by Crippen LogP contribution is 2.45. The largest absolute Gasteiger partial charge is 0.462 e. The van der Waals surface area contributed by atoms with Gasteiger partial charge in [0.25, 0.3) is 0 Å². The van der Waals surface area contributed by atoms with Crippen molar-refractivity contribution in [2.24, 2.45) is 11.3 Å². The third-order valence-corrected chi connectivity index (χ3v) is 6.96. The van der Waals surface area contributed by atoms with Gasteiger partial charge in [-0.2, -0.15) is 5.26 Å². The molecular weight excluding hydrogens is 356 g/mol. The topological polar surface area (TPSA) is 66.0 Å². The molecule has 1 amide bonds. The first-order valence-corrected chi connectivity index (χ1v) is 10.3. The van der Waals surface area contributed by atoms with Crippen LogP contribution < -0.4 is 5.32 Å². The predicted octanol–water partition coefficient (Wildman–Crippen LogP) is 5.71. The van der Waals surface area contributed by atoms with Crippen molar-refractivity contribution in [1.29, 1.82) is 5.26 Å². The van der Waals surface area contributed by atoms with E-state index in [1.54, 1.807) is 17.4 Å². The minimum Gasteiger partial charge on any atom is -0.462 e. The average Bonchev–Trinajstić information content (AvgIpc) is 3.21. The maximum Gasteiger partial charge on any atom is 0.249 e. The molecule has 3 rings (SSSR count). The molecule has 0 aromatic carbocycles. The van der Waals surface area contributed by atoms with Crippen LogP contribution in [0.5, 0.6) is 0 Å². The molecule has 2 aromatic heterocycles. The number of amides is 1. The van der Waals surface area contributed by atoms with Crippen LogP contribution in [0.1, 0.15) is 61.1 Å². The fourth-order valence-corrected chi connectivity index (χ4v) is 4.88. The molecule has 0 fully saturated rings. The monoisotopic (exact) mass is 382 g/mol. The van der Waals surface area contributed by atoms with Gasteiger partial charge in [-0.15, -0.1) is 11.3 Å². The highest BCUT2D eigenvalue weighted by molar-refractivity contribution is 7.16. The lowest BCUT2D eigenvalue weighted by Gasteiger charge is -2.36. The van der Waals surface area contributed by atoms with Gasteiger partial charge in [-0.3, -0.25) is 4.79 Å². The van der Waals surface area contributed by atoms with Crippen LogP contribution in [0.25, 0.3) is 6.08 Å². The number of nitrogens with one attached hydrogen (secondary N) is 1. The minimum absolute atomic E-state index is 0.246. The smallest absolute Gasteiger partial charge is 0.249 e. The molecule has 0 bridgehead atoms. The zero-order valence-corrected chi connectivity index (χ0v) is 17.2. The lowest BCUT2D eigenvalue weighted by molar-refractivity contribution is -0.111. The van der Waals surface area contributed by atoms with Crippen LogP contribution >= 0.6 is 11.3 Å². The zero-order valence-electron chi connectivity index (χ0n) is 16.4. The molecule has 1 N–H and O–H groups in total. The number of anilines is 1. The summed E-state index contributed by atoms with van der Waals surface area (Å²) in [6, 6.07) is 5.98. The molecule has 5 heteroatoms. The minimum atomic E-state index is -0.246. The second kappa shape index (κ2) is 7.74. The van der Waals surface area contributed by atoms with Crippen molar-refractivity contribution in [2.45, 2.75) is 53.4 Å². The zero-order chi connectivity index (χ0) is 19.6. The number of thiophene rings is 1. The van der Waals surface area contributed by atoms with Gasteiger partial charge in [-0.1, -0.05) is 27.2 Å². The maximum atomic E-state index is 12.3. The van der Waals surface area contributed by atoms with E-state index in [0.29, 0.717) is 27.7 Å². The Kier molecular flexibility index (Phi) is 5.57. The van der Waals surface area contributed by atoms with Crippen LogP contribution in [-0.4, -0.2) is 5.91 Å². The predicted molar refractivity (Wildman–Crippen MR) is 110 cm³/mol. The molecule has 1 aliphatic rings. The maximum absolute atomic E-state index is 12.3. The number of furan rings is 1.